The molecule has 4 nitrogen and oxygen atoms in total. The predicted molar refractivity (Wildman–Crippen MR) is 64.7 cm³/mol. The maximum absolute atomic E-state index is 11.6. The first-order chi connectivity index (χ1) is 7.66. The van der Waals surface area contributed by atoms with Gasteiger partial charge in [0.15, 0.2) is 0 Å². The molecule has 2 aliphatic rings. The van der Waals surface area contributed by atoms with Crippen molar-refractivity contribution in [2.45, 2.75) is 32.1 Å². The van der Waals surface area contributed by atoms with E-state index >= 15 is 0 Å². The molecule has 0 radical (unpaired) electrons. The third-order valence-electron chi connectivity index (χ3n) is 3.49. The molecule has 0 atom stereocenters. The summed E-state index contributed by atoms with van der Waals surface area (Å²) in [5.74, 6) is 1.49. The van der Waals surface area contributed by atoms with E-state index in [1.54, 1.807) is 0 Å². The molecule has 0 aromatic rings. The SMILES string of the molecule is O=S(=O)(CC1CC1)NCCC1CCNCC1. The fourth-order valence-electron chi connectivity index (χ4n) is 2.24. The molecule has 0 aromatic heterocycles. The Hall–Kier alpha value is -0.130. The summed E-state index contributed by atoms with van der Waals surface area (Å²) in [7, 11) is -2.98. The number of hydrogen-bond acceptors (Lipinski definition) is 3. The zero-order valence-electron chi connectivity index (χ0n) is 9.74. The molecule has 1 aliphatic heterocycles. The zero-order chi connectivity index (χ0) is 11.4. The van der Waals surface area contributed by atoms with Gasteiger partial charge in [-0.25, -0.2) is 13.1 Å². The monoisotopic (exact) mass is 246 g/mol. The van der Waals surface area contributed by atoms with E-state index in [0.717, 1.165) is 32.4 Å². The van der Waals surface area contributed by atoms with Gasteiger partial charge >= 0.3 is 0 Å². The smallest absolute Gasteiger partial charge is 0.211 e. The third kappa shape index (κ3) is 4.39. The molecule has 0 aromatic carbocycles. The second-order valence-corrected chi connectivity index (χ2v) is 6.95. The third-order valence-corrected chi connectivity index (χ3v) is 5.04. The van der Waals surface area contributed by atoms with Crippen LogP contribution in [0.4, 0.5) is 0 Å². The Kier molecular flexibility index (Phi) is 4.21. The lowest BCUT2D eigenvalue weighted by atomic mass is 9.95. The standard InChI is InChI=1S/C11H22N2O2S/c14-16(15,9-11-1-2-11)13-8-5-10-3-6-12-7-4-10/h10-13H,1-9H2. The molecule has 1 aliphatic carbocycles. The van der Waals surface area contributed by atoms with Crippen molar-refractivity contribution < 1.29 is 8.42 Å². The molecule has 0 amide bonds. The van der Waals surface area contributed by atoms with Crippen LogP contribution >= 0.6 is 0 Å². The van der Waals surface area contributed by atoms with Crippen molar-refractivity contribution in [3.05, 3.63) is 0 Å². The van der Waals surface area contributed by atoms with E-state index in [-0.39, 0.29) is 0 Å². The largest absolute Gasteiger partial charge is 0.317 e. The minimum Gasteiger partial charge on any atom is -0.317 e. The summed E-state index contributed by atoms with van der Waals surface area (Å²) in [5, 5.41) is 3.32. The Morgan fingerprint density at radius 1 is 1.06 bits per heavy atom. The number of hydrogen-bond donors (Lipinski definition) is 2. The predicted octanol–water partition coefficient (Wildman–Crippen LogP) is 0.706. The molecule has 0 unspecified atom stereocenters. The van der Waals surface area contributed by atoms with Crippen LogP contribution in [-0.4, -0.2) is 33.8 Å². The van der Waals surface area contributed by atoms with Crippen molar-refractivity contribution in [3.63, 3.8) is 0 Å². The van der Waals surface area contributed by atoms with E-state index in [9.17, 15) is 8.42 Å². The van der Waals surface area contributed by atoms with E-state index in [2.05, 4.69) is 10.0 Å². The van der Waals surface area contributed by atoms with E-state index in [0.29, 0.717) is 24.1 Å². The Labute approximate surface area is 98.2 Å². The van der Waals surface area contributed by atoms with Gasteiger partial charge in [0.2, 0.25) is 10.0 Å². The summed E-state index contributed by atoms with van der Waals surface area (Å²) in [5.41, 5.74) is 0. The van der Waals surface area contributed by atoms with Gasteiger partial charge in [-0.15, -0.1) is 0 Å². The minimum atomic E-state index is -2.98. The fraction of sp³-hybridized carbons (Fsp3) is 1.00. The van der Waals surface area contributed by atoms with Crippen molar-refractivity contribution in [2.24, 2.45) is 11.8 Å². The van der Waals surface area contributed by atoms with Gasteiger partial charge in [0.1, 0.15) is 0 Å². The van der Waals surface area contributed by atoms with Crippen LogP contribution in [0.25, 0.3) is 0 Å². The van der Waals surface area contributed by atoms with E-state index in [1.807, 2.05) is 0 Å². The molecule has 2 rings (SSSR count). The second kappa shape index (κ2) is 5.47. The highest BCUT2D eigenvalue weighted by Gasteiger charge is 2.27. The molecule has 1 saturated heterocycles. The van der Waals surface area contributed by atoms with Gasteiger partial charge in [-0.3, -0.25) is 0 Å². The molecule has 16 heavy (non-hydrogen) atoms. The second-order valence-electron chi connectivity index (χ2n) is 5.10. The number of piperidine rings is 1. The Morgan fingerprint density at radius 2 is 1.75 bits per heavy atom. The molecule has 2 fully saturated rings. The van der Waals surface area contributed by atoms with Crippen molar-refractivity contribution in [2.75, 3.05) is 25.4 Å². The molecule has 0 bridgehead atoms. The number of nitrogens with one attached hydrogen (secondary N) is 2. The summed E-state index contributed by atoms with van der Waals surface area (Å²) in [6.07, 6.45) is 5.55. The summed E-state index contributed by atoms with van der Waals surface area (Å²) < 4.78 is 25.9. The van der Waals surface area contributed by atoms with Crippen LogP contribution in [0.15, 0.2) is 0 Å². The van der Waals surface area contributed by atoms with Crippen LogP contribution in [0.5, 0.6) is 0 Å². The van der Waals surface area contributed by atoms with Crippen LogP contribution in [-0.2, 0) is 10.0 Å². The van der Waals surface area contributed by atoms with Gasteiger partial charge in [0, 0.05) is 6.54 Å². The van der Waals surface area contributed by atoms with E-state index in [4.69, 9.17) is 0 Å². The average Bonchev–Trinajstić information content (AvgIpc) is 3.02. The van der Waals surface area contributed by atoms with Crippen LogP contribution in [0.3, 0.4) is 0 Å². The Balaban J connectivity index is 1.62. The summed E-state index contributed by atoms with van der Waals surface area (Å²) >= 11 is 0. The lowest BCUT2D eigenvalue weighted by Gasteiger charge is -2.22. The summed E-state index contributed by atoms with van der Waals surface area (Å²) in [4.78, 5) is 0. The van der Waals surface area contributed by atoms with Crippen molar-refractivity contribution in [1.29, 1.82) is 0 Å². The van der Waals surface area contributed by atoms with Crippen molar-refractivity contribution in [1.82, 2.24) is 10.0 Å². The molecular formula is C11H22N2O2S. The highest BCUT2D eigenvalue weighted by atomic mass is 32.2. The number of sulfonamides is 1. The van der Waals surface area contributed by atoms with Gasteiger partial charge in [0.05, 0.1) is 5.75 Å². The van der Waals surface area contributed by atoms with Crippen LogP contribution < -0.4 is 10.0 Å². The van der Waals surface area contributed by atoms with Crippen LogP contribution in [0.2, 0.25) is 0 Å². The number of rotatable bonds is 6. The van der Waals surface area contributed by atoms with Gasteiger partial charge in [-0.2, -0.15) is 0 Å². The first-order valence-electron chi connectivity index (χ1n) is 6.34. The van der Waals surface area contributed by atoms with Crippen LogP contribution in [0, 0.1) is 11.8 Å². The maximum atomic E-state index is 11.6. The molecule has 1 heterocycles. The zero-order valence-corrected chi connectivity index (χ0v) is 10.6. The lowest BCUT2D eigenvalue weighted by molar-refractivity contribution is 0.354. The normalized spacial score (nSPS) is 23.5. The van der Waals surface area contributed by atoms with Gasteiger partial charge in [0.25, 0.3) is 0 Å². The van der Waals surface area contributed by atoms with Crippen molar-refractivity contribution >= 4 is 10.0 Å². The maximum Gasteiger partial charge on any atom is 0.211 e. The Bertz CT molecular complexity index is 306. The lowest BCUT2D eigenvalue weighted by Crippen LogP contribution is -2.32. The average molecular weight is 246 g/mol. The topological polar surface area (TPSA) is 58.2 Å². The summed E-state index contributed by atoms with van der Waals surface area (Å²) in [6, 6.07) is 0. The fourth-order valence-corrected chi connectivity index (χ4v) is 3.74. The molecular weight excluding hydrogens is 224 g/mol. The Morgan fingerprint density at radius 3 is 2.38 bits per heavy atom. The molecule has 2 N–H and O–H groups in total. The van der Waals surface area contributed by atoms with Crippen molar-refractivity contribution in [3.8, 4) is 0 Å². The molecule has 1 saturated carbocycles. The quantitative estimate of drug-likeness (QED) is 0.725. The van der Waals surface area contributed by atoms with Gasteiger partial charge in [-0.1, -0.05) is 0 Å². The van der Waals surface area contributed by atoms with Gasteiger partial charge in [-0.05, 0) is 57.0 Å². The van der Waals surface area contributed by atoms with Gasteiger partial charge < -0.3 is 5.32 Å². The van der Waals surface area contributed by atoms with E-state index < -0.39 is 10.0 Å². The molecule has 5 heteroatoms. The highest BCUT2D eigenvalue weighted by Crippen LogP contribution is 2.29. The highest BCUT2D eigenvalue weighted by molar-refractivity contribution is 7.89. The van der Waals surface area contributed by atoms with Crippen LogP contribution in [0.1, 0.15) is 32.1 Å². The molecule has 0 spiro atoms. The molecule has 94 valence electrons. The van der Waals surface area contributed by atoms with E-state index in [1.165, 1.54) is 12.8 Å². The first-order valence-corrected chi connectivity index (χ1v) is 7.99. The minimum absolute atomic E-state index is 0.346. The summed E-state index contributed by atoms with van der Waals surface area (Å²) in [6.45, 7) is 2.79. The first kappa shape index (κ1) is 12.3.